The van der Waals surface area contributed by atoms with Gasteiger partial charge in [0.1, 0.15) is 0 Å². The quantitative estimate of drug-likeness (QED) is 0.858. The van der Waals surface area contributed by atoms with Crippen molar-refractivity contribution in [1.82, 2.24) is 9.80 Å². The summed E-state index contributed by atoms with van der Waals surface area (Å²) in [7, 11) is 0. The van der Waals surface area contributed by atoms with Crippen LogP contribution in [0.2, 0.25) is 0 Å². The largest absolute Gasteiger partial charge is 0.375 e. The van der Waals surface area contributed by atoms with Gasteiger partial charge in [0.2, 0.25) is 5.91 Å². The number of thiophene rings is 1. The second kappa shape index (κ2) is 6.46. The average molecular weight is 308 g/mol. The molecule has 2 aliphatic rings. The van der Waals surface area contributed by atoms with Gasteiger partial charge in [0, 0.05) is 25.7 Å². The molecular weight excluding hydrogens is 284 g/mol. The molecule has 0 radical (unpaired) electrons. The van der Waals surface area contributed by atoms with Crippen LogP contribution in [-0.4, -0.2) is 60.6 Å². The summed E-state index contributed by atoms with van der Waals surface area (Å²) in [5, 5.41) is 4.38. The molecule has 3 rings (SSSR count). The van der Waals surface area contributed by atoms with Crippen molar-refractivity contribution in [2.24, 2.45) is 0 Å². The van der Waals surface area contributed by atoms with Crippen LogP contribution in [0.3, 0.4) is 0 Å². The minimum absolute atomic E-state index is 0.164. The van der Waals surface area contributed by atoms with E-state index in [2.05, 4.69) is 28.7 Å². The summed E-state index contributed by atoms with van der Waals surface area (Å²) >= 11 is 1.76. The van der Waals surface area contributed by atoms with Crippen LogP contribution >= 0.6 is 11.3 Å². The molecule has 0 saturated carbocycles. The maximum absolute atomic E-state index is 12.5. The lowest BCUT2D eigenvalue weighted by Crippen LogP contribution is -2.48. The lowest BCUT2D eigenvalue weighted by molar-refractivity contribution is -0.139. The Balaban J connectivity index is 1.56. The van der Waals surface area contributed by atoms with Gasteiger partial charge in [-0.1, -0.05) is 0 Å². The van der Waals surface area contributed by atoms with Crippen molar-refractivity contribution < 1.29 is 9.53 Å². The summed E-state index contributed by atoms with van der Waals surface area (Å²) in [6.07, 6.45) is 1.32. The minimum atomic E-state index is 0.164. The number of ether oxygens (including phenoxy) is 1. The van der Waals surface area contributed by atoms with Crippen molar-refractivity contribution in [2.45, 2.75) is 38.3 Å². The smallest absolute Gasteiger partial charge is 0.236 e. The Hall–Kier alpha value is -0.910. The normalized spacial score (nSPS) is 30.8. The monoisotopic (exact) mass is 308 g/mol. The third-order valence-corrected chi connectivity index (χ3v) is 5.35. The molecule has 1 amide bonds. The molecular formula is C16H24N2O2S. The zero-order valence-corrected chi connectivity index (χ0v) is 13.6. The molecule has 21 heavy (non-hydrogen) atoms. The number of morpholine rings is 1. The van der Waals surface area contributed by atoms with Gasteiger partial charge in [-0.2, -0.15) is 11.3 Å². The van der Waals surface area contributed by atoms with Crippen LogP contribution in [0.5, 0.6) is 0 Å². The predicted octanol–water partition coefficient (Wildman–Crippen LogP) is 2.17. The van der Waals surface area contributed by atoms with Crippen molar-refractivity contribution in [2.75, 3.05) is 32.8 Å². The molecule has 1 aromatic rings. The van der Waals surface area contributed by atoms with Crippen LogP contribution in [0, 0.1) is 0 Å². The Morgan fingerprint density at radius 1 is 1.43 bits per heavy atom. The average Bonchev–Trinajstić information content (AvgIpc) is 3.09. The summed E-state index contributed by atoms with van der Waals surface area (Å²) in [4.78, 5) is 16.8. The van der Waals surface area contributed by atoms with Crippen LogP contribution in [0.15, 0.2) is 16.8 Å². The zero-order chi connectivity index (χ0) is 14.8. The molecule has 0 aliphatic carbocycles. The Bertz CT molecular complexity index is 477. The van der Waals surface area contributed by atoms with Crippen LogP contribution in [0.4, 0.5) is 0 Å². The highest BCUT2D eigenvalue weighted by Crippen LogP contribution is 2.32. The minimum Gasteiger partial charge on any atom is -0.375 e. The number of hydrogen-bond acceptors (Lipinski definition) is 4. The van der Waals surface area contributed by atoms with Crippen molar-refractivity contribution >= 4 is 17.2 Å². The highest BCUT2D eigenvalue weighted by molar-refractivity contribution is 7.07. The van der Waals surface area contributed by atoms with Crippen LogP contribution in [0.1, 0.15) is 31.7 Å². The van der Waals surface area contributed by atoms with Gasteiger partial charge in [-0.05, 0) is 48.6 Å². The van der Waals surface area contributed by atoms with Crippen molar-refractivity contribution in [3.05, 3.63) is 22.4 Å². The predicted molar refractivity (Wildman–Crippen MR) is 84.7 cm³/mol. The molecule has 4 nitrogen and oxygen atoms in total. The van der Waals surface area contributed by atoms with Gasteiger partial charge < -0.3 is 9.64 Å². The summed E-state index contributed by atoms with van der Waals surface area (Å²) < 4.78 is 5.51. The fraction of sp³-hybridized carbons (Fsp3) is 0.688. The Morgan fingerprint density at radius 2 is 2.29 bits per heavy atom. The second-order valence-corrected chi connectivity index (χ2v) is 7.07. The molecule has 3 atom stereocenters. The van der Waals surface area contributed by atoms with E-state index in [4.69, 9.17) is 4.74 Å². The van der Waals surface area contributed by atoms with E-state index in [9.17, 15) is 4.79 Å². The number of carbonyl (C=O) groups excluding carboxylic acids is 1. The Labute approximate surface area is 130 Å². The summed E-state index contributed by atoms with van der Waals surface area (Å²) in [5.41, 5.74) is 1.43. The number of nitrogens with zero attached hydrogens (tertiary/aromatic N) is 2. The van der Waals surface area contributed by atoms with Gasteiger partial charge in [-0.3, -0.25) is 9.69 Å². The van der Waals surface area contributed by atoms with E-state index in [1.165, 1.54) is 5.56 Å². The molecule has 0 bridgehead atoms. The third-order valence-electron chi connectivity index (χ3n) is 4.65. The van der Waals surface area contributed by atoms with Crippen molar-refractivity contribution in [3.63, 3.8) is 0 Å². The number of likely N-dealkylation sites (tertiary alicyclic amines) is 1. The molecule has 0 N–H and O–H groups in total. The fourth-order valence-corrected chi connectivity index (χ4v) is 4.13. The van der Waals surface area contributed by atoms with Crippen LogP contribution in [0.25, 0.3) is 0 Å². The van der Waals surface area contributed by atoms with Gasteiger partial charge >= 0.3 is 0 Å². The number of hydrogen-bond donors (Lipinski definition) is 0. The van der Waals surface area contributed by atoms with E-state index in [1.807, 2.05) is 11.8 Å². The molecule has 116 valence electrons. The summed E-state index contributed by atoms with van der Waals surface area (Å²) in [6.45, 7) is 7.96. The van der Waals surface area contributed by atoms with Crippen molar-refractivity contribution in [3.8, 4) is 0 Å². The van der Waals surface area contributed by atoms with E-state index >= 15 is 0 Å². The summed E-state index contributed by atoms with van der Waals surface area (Å²) in [5.74, 6) is 0.839. The van der Waals surface area contributed by atoms with E-state index in [0.29, 0.717) is 25.1 Å². The number of rotatable bonds is 3. The van der Waals surface area contributed by atoms with E-state index in [-0.39, 0.29) is 12.0 Å². The lowest BCUT2D eigenvalue weighted by Gasteiger charge is -2.33. The van der Waals surface area contributed by atoms with Gasteiger partial charge in [0.05, 0.1) is 19.3 Å². The third kappa shape index (κ3) is 3.47. The van der Waals surface area contributed by atoms with Gasteiger partial charge in [0.15, 0.2) is 0 Å². The lowest BCUT2D eigenvalue weighted by atomic mass is 10.00. The highest BCUT2D eigenvalue weighted by atomic mass is 32.1. The molecule has 0 spiro atoms. The fourth-order valence-electron chi connectivity index (χ4n) is 3.39. The Morgan fingerprint density at radius 3 is 3.00 bits per heavy atom. The van der Waals surface area contributed by atoms with Crippen LogP contribution in [-0.2, 0) is 9.53 Å². The molecule has 2 saturated heterocycles. The molecule has 1 aromatic heterocycles. The maximum Gasteiger partial charge on any atom is 0.236 e. The van der Waals surface area contributed by atoms with Crippen LogP contribution < -0.4 is 0 Å². The maximum atomic E-state index is 12.5. The van der Waals surface area contributed by atoms with E-state index in [1.54, 1.807) is 11.3 Å². The Kier molecular flexibility index (Phi) is 4.62. The topological polar surface area (TPSA) is 32.8 Å². The first kappa shape index (κ1) is 15.0. The van der Waals surface area contributed by atoms with E-state index < -0.39 is 0 Å². The first-order valence-corrected chi connectivity index (χ1v) is 8.73. The number of amides is 1. The molecule has 2 aliphatic heterocycles. The molecule has 3 heterocycles. The van der Waals surface area contributed by atoms with Gasteiger partial charge in [-0.15, -0.1) is 0 Å². The highest BCUT2D eigenvalue weighted by Gasteiger charge is 2.32. The second-order valence-electron chi connectivity index (χ2n) is 6.29. The standard InChI is InChI=1S/C16H24N2O2S/c1-12-7-15(14-3-6-21-11-14)9-18(12)10-16(19)17-4-5-20-13(2)8-17/h3,6,11-13,15H,4-5,7-10H2,1-2H3/t12-,13+,15-/m0/s1. The summed E-state index contributed by atoms with van der Waals surface area (Å²) in [6, 6.07) is 2.70. The SMILES string of the molecule is C[C@@H]1CN(C(=O)CN2C[C@@H](c3ccsc3)C[C@@H]2C)CCO1. The molecule has 5 heteroatoms. The molecule has 0 unspecified atom stereocenters. The van der Waals surface area contributed by atoms with Gasteiger partial charge in [-0.25, -0.2) is 0 Å². The number of carbonyl (C=O) groups is 1. The van der Waals surface area contributed by atoms with Gasteiger partial charge in [0.25, 0.3) is 0 Å². The van der Waals surface area contributed by atoms with E-state index in [0.717, 1.165) is 26.1 Å². The zero-order valence-electron chi connectivity index (χ0n) is 12.8. The molecule has 2 fully saturated rings. The first-order chi connectivity index (χ1) is 10.1. The first-order valence-electron chi connectivity index (χ1n) is 7.79. The van der Waals surface area contributed by atoms with Crippen molar-refractivity contribution in [1.29, 1.82) is 0 Å². The molecule has 0 aromatic carbocycles.